The van der Waals surface area contributed by atoms with E-state index in [1.807, 2.05) is 30.3 Å². The maximum absolute atomic E-state index is 12.0. The van der Waals surface area contributed by atoms with Crippen LogP contribution < -0.4 is 10.6 Å². The number of benzene rings is 1. The summed E-state index contributed by atoms with van der Waals surface area (Å²) in [4.78, 5) is 12.0. The van der Waals surface area contributed by atoms with Gasteiger partial charge in [0.2, 0.25) is 5.91 Å². The van der Waals surface area contributed by atoms with Crippen LogP contribution in [0.5, 0.6) is 0 Å². The number of nitrogens with one attached hydrogen (secondary N) is 3. The fraction of sp³-hybridized carbons (Fsp3) is 0.333. The number of hydrogen-bond donors (Lipinski definition) is 3. The average Bonchev–Trinajstić information content (AvgIpc) is 3.02. The Morgan fingerprint density at radius 2 is 2.32 bits per heavy atom. The first-order valence-electron chi connectivity index (χ1n) is 7.03. The van der Waals surface area contributed by atoms with Crippen LogP contribution >= 0.6 is 12.4 Å². The summed E-state index contributed by atoms with van der Waals surface area (Å²) in [5, 5.41) is 13.0. The van der Waals surface area contributed by atoms with Gasteiger partial charge in [-0.25, -0.2) is 0 Å². The smallest absolute Gasteiger partial charge is 0.227 e. The van der Waals surface area contributed by atoms with Crippen LogP contribution in [0.15, 0.2) is 36.5 Å². The van der Waals surface area contributed by atoms with Gasteiger partial charge in [-0.2, -0.15) is 5.10 Å². The standard InChI is InChI=1S/C15H18N4O2.ClH/c20-15(9-13-10-16-6-7-21-13)18-12-3-1-2-11(8-12)14-4-5-17-19-14;/h1-5,8,13,16H,6-7,9-10H2,(H,17,19)(H,18,20);1H. The lowest BCUT2D eigenvalue weighted by Gasteiger charge is -2.23. The Labute approximate surface area is 135 Å². The number of rotatable bonds is 4. The molecular formula is C15H19ClN4O2. The van der Waals surface area contributed by atoms with Gasteiger partial charge in [0.25, 0.3) is 0 Å². The summed E-state index contributed by atoms with van der Waals surface area (Å²) in [6.45, 7) is 2.24. The van der Waals surface area contributed by atoms with Gasteiger partial charge in [0, 0.05) is 30.5 Å². The Bertz CT molecular complexity index is 597. The Morgan fingerprint density at radius 1 is 1.41 bits per heavy atom. The molecule has 6 nitrogen and oxygen atoms in total. The van der Waals surface area contributed by atoms with E-state index in [0.29, 0.717) is 13.0 Å². The molecule has 1 amide bonds. The van der Waals surface area contributed by atoms with E-state index < -0.39 is 0 Å². The molecule has 1 unspecified atom stereocenters. The molecular weight excluding hydrogens is 304 g/mol. The number of anilines is 1. The number of morpholine rings is 1. The molecule has 7 heteroatoms. The minimum Gasteiger partial charge on any atom is -0.375 e. The molecule has 1 aliphatic rings. The van der Waals surface area contributed by atoms with E-state index in [1.165, 1.54) is 0 Å². The number of halogens is 1. The normalized spacial score (nSPS) is 17.5. The first-order valence-corrected chi connectivity index (χ1v) is 7.03. The second-order valence-corrected chi connectivity index (χ2v) is 5.00. The molecule has 1 fully saturated rings. The maximum atomic E-state index is 12.0. The van der Waals surface area contributed by atoms with Crippen molar-refractivity contribution in [2.45, 2.75) is 12.5 Å². The van der Waals surface area contributed by atoms with Crippen molar-refractivity contribution in [1.82, 2.24) is 15.5 Å². The van der Waals surface area contributed by atoms with Gasteiger partial charge in [-0.1, -0.05) is 12.1 Å². The molecule has 1 aromatic heterocycles. The van der Waals surface area contributed by atoms with Crippen molar-refractivity contribution < 1.29 is 9.53 Å². The summed E-state index contributed by atoms with van der Waals surface area (Å²) in [6.07, 6.45) is 2.02. The predicted molar refractivity (Wildman–Crippen MR) is 87.1 cm³/mol. The Kier molecular flexibility index (Phi) is 5.94. The monoisotopic (exact) mass is 322 g/mol. The van der Waals surface area contributed by atoms with E-state index in [9.17, 15) is 4.79 Å². The van der Waals surface area contributed by atoms with Gasteiger partial charge in [-0.3, -0.25) is 9.89 Å². The zero-order valence-corrected chi connectivity index (χ0v) is 12.9. The molecule has 3 rings (SSSR count). The van der Waals surface area contributed by atoms with E-state index in [0.717, 1.165) is 30.0 Å². The molecule has 118 valence electrons. The second kappa shape index (κ2) is 7.93. The Balaban J connectivity index is 0.00000176. The van der Waals surface area contributed by atoms with E-state index in [1.54, 1.807) is 6.20 Å². The molecule has 22 heavy (non-hydrogen) atoms. The minimum atomic E-state index is -0.0467. The van der Waals surface area contributed by atoms with Crippen LogP contribution in [0, 0.1) is 0 Å². The first-order chi connectivity index (χ1) is 10.3. The molecule has 3 N–H and O–H groups in total. The summed E-state index contributed by atoms with van der Waals surface area (Å²) < 4.78 is 5.53. The van der Waals surface area contributed by atoms with Gasteiger partial charge in [0.05, 0.1) is 24.8 Å². The fourth-order valence-corrected chi connectivity index (χ4v) is 2.35. The molecule has 2 aromatic rings. The number of aromatic nitrogens is 2. The van der Waals surface area contributed by atoms with Crippen molar-refractivity contribution in [1.29, 1.82) is 0 Å². The zero-order valence-electron chi connectivity index (χ0n) is 12.0. The van der Waals surface area contributed by atoms with E-state index >= 15 is 0 Å². The van der Waals surface area contributed by atoms with E-state index in [-0.39, 0.29) is 24.4 Å². The van der Waals surface area contributed by atoms with Crippen LogP contribution in [-0.4, -0.2) is 41.9 Å². The Hall–Kier alpha value is -1.89. The average molecular weight is 323 g/mol. The van der Waals surface area contributed by atoms with Crippen molar-refractivity contribution in [3.05, 3.63) is 36.5 Å². The van der Waals surface area contributed by atoms with Gasteiger partial charge < -0.3 is 15.4 Å². The third-order valence-electron chi connectivity index (χ3n) is 3.38. The predicted octanol–water partition coefficient (Wildman–Crippen LogP) is 1.82. The lowest BCUT2D eigenvalue weighted by atomic mass is 10.1. The van der Waals surface area contributed by atoms with E-state index in [2.05, 4.69) is 20.8 Å². The number of amides is 1. The SMILES string of the molecule is Cl.O=C(CC1CNCCO1)Nc1cccc(-c2ccn[nH]2)c1. The van der Waals surface area contributed by atoms with E-state index in [4.69, 9.17) is 4.74 Å². The highest BCUT2D eigenvalue weighted by Gasteiger charge is 2.17. The van der Waals surface area contributed by atoms with Crippen molar-refractivity contribution in [2.75, 3.05) is 25.0 Å². The highest BCUT2D eigenvalue weighted by molar-refractivity contribution is 5.91. The van der Waals surface area contributed by atoms with Gasteiger partial charge in [0.15, 0.2) is 0 Å². The van der Waals surface area contributed by atoms with Crippen LogP contribution in [-0.2, 0) is 9.53 Å². The van der Waals surface area contributed by atoms with Crippen LogP contribution in [0.4, 0.5) is 5.69 Å². The summed E-state index contributed by atoms with van der Waals surface area (Å²) in [5.74, 6) is -0.0366. The minimum absolute atomic E-state index is 0. The third-order valence-corrected chi connectivity index (χ3v) is 3.38. The van der Waals surface area contributed by atoms with Gasteiger partial charge in [0.1, 0.15) is 0 Å². The molecule has 0 bridgehead atoms. The molecule has 0 aliphatic carbocycles. The summed E-state index contributed by atoms with van der Waals surface area (Å²) in [5.41, 5.74) is 2.68. The molecule has 0 saturated carbocycles. The summed E-state index contributed by atoms with van der Waals surface area (Å²) >= 11 is 0. The van der Waals surface area contributed by atoms with Gasteiger partial charge in [-0.15, -0.1) is 12.4 Å². The largest absolute Gasteiger partial charge is 0.375 e. The van der Waals surface area contributed by atoms with Crippen molar-refractivity contribution in [3.8, 4) is 11.3 Å². The van der Waals surface area contributed by atoms with Crippen molar-refractivity contribution >= 4 is 24.0 Å². The van der Waals surface area contributed by atoms with Gasteiger partial charge >= 0.3 is 0 Å². The highest BCUT2D eigenvalue weighted by Crippen LogP contribution is 2.20. The molecule has 1 aromatic carbocycles. The van der Waals surface area contributed by atoms with Crippen LogP contribution in [0.25, 0.3) is 11.3 Å². The molecule has 0 radical (unpaired) electrons. The van der Waals surface area contributed by atoms with Crippen LogP contribution in [0.1, 0.15) is 6.42 Å². The van der Waals surface area contributed by atoms with Crippen molar-refractivity contribution in [2.24, 2.45) is 0 Å². The third kappa shape index (κ3) is 4.30. The summed E-state index contributed by atoms with van der Waals surface area (Å²) in [6, 6.07) is 9.56. The Morgan fingerprint density at radius 3 is 3.05 bits per heavy atom. The topological polar surface area (TPSA) is 79.0 Å². The summed E-state index contributed by atoms with van der Waals surface area (Å²) in [7, 11) is 0. The van der Waals surface area contributed by atoms with Crippen LogP contribution in [0.3, 0.4) is 0 Å². The lowest BCUT2D eigenvalue weighted by molar-refractivity contribution is -0.119. The molecule has 1 aliphatic heterocycles. The first kappa shape index (κ1) is 16.5. The molecule has 2 heterocycles. The fourth-order valence-electron chi connectivity index (χ4n) is 2.35. The zero-order chi connectivity index (χ0) is 14.5. The molecule has 1 saturated heterocycles. The van der Waals surface area contributed by atoms with Crippen molar-refractivity contribution in [3.63, 3.8) is 0 Å². The van der Waals surface area contributed by atoms with Gasteiger partial charge in [-0.05, 0) is 18.2 Å². The quantitative estimate of drug-likeness (QED) is 0.802. The molecule has 0 spiro atoms. The number of H-pyrrole nitrogens is 1. The lowest BCUT2D eigenvalue weighted by Crippen LogP contribution is -2.40. The number of ether oxygens (including phenoxy) is 1. The number of carbonyl (C=O) groups excluding carboxylic acids is 1. The molecule has 1 atom stereocenters. The van der Waals surface area contributed by atoms with Crippen LogP contribution in [0.2, 0.25) is 0 Å². The number of nitrogens with zero attached hydrogens (tertiary/aromatic N) is 1. The number of aromatic amines is 1. The number of hydrogen-bond acceptors (Lipinski definition) is 4. The highest BCUT2D eigenvalue weighted by atomic mass is 35.5. The second-order valence-electron chi connectivity index (χ2n) is 5.00. The maximum Gasteiger partial charge on any atom is 0.227 e. The number of carbonyl (C=O) groups is 1.